The predicted molar refractivity (Wildman–Crippen MR) is 137 cm³/mol. The van der Waals surface area contributed by atoms with E-state index in [1.54, 1.807) is 30.2 Å². The molecule has 0 bridgehead atoms. The van der Waals surface area contributed by atoms with Crippen LogP contribution >= 0.6 is 27.7 Å². The molecular formula is C24H35BrN2O6S. The quantitative estimate of drug-likeness (QED) is 0.123. The number of nitrogens with one attached hydrogen (secondary N) is 2. The van der Waals surface area contributed by atoms with E-state index in [9.17, 15) is 19.5 Å². The Balaban J connectivity index is 3.12. The van der Waals surface area contributed by atoms with Gasteiger partial charge in [-0.2, -0.15) is 11.8 Å². The van der Waals surface area contributed by atoms with Crippen LogP contribution in [0.3, 0.4) is 0 Å². The van der Waals surface area contributed by atoms with Crippen molar-refractivity contribution in [2.24, 2.45) is 5.92 Å². The molecule has 2 unspecified atom stereocenters. The molecule has 2 amide bonds. The summed E-state index contributed by atoms with van der Waals surface area (Å²) in [6.07, 6.45) is 7.44. The first-order valence-corrected chi connectivity index (χ1v) is 13.3. The maximum Gasteiger partial charge on any atom is 0.334 e. The molecule has 0 aliphatic rings. The Bertz CT molecular complexity index is 834. The van der Waals surface area contributed by atoms with Crippen molar-refractivity contribution < 1.29 is 29.0 Å². The van der Waals surface area contributed by atoms with Crippen molar-refractivity contribution in [1.82, 2.24) is 10.6 Å². The predicted octanol–water partition coefficient (Wildman–Crippen LogP) is 3.69. The number of halogens is 1. The Morgan fingerprint density at radius 1 is 1.26 bits per heavy atom. The van der Waals surface area contributed by atoms with E-state index < -0.39 is 24.0 Å². The molecule has 0 aliphatic carbocycles. The van der Waals surface area contributed by atoms with Gasteiger partial charge < -0.3 is 25.2 Å². The number of thioether (sulfide) groups is 1. The highest BCUT2D eigenvalue weighted by molar-refractivity contribution is 9.10. The van der Waals surface area contributed by atoms with Gasteiger partial charge in [-0.1, -0.05) is 26.8 Å². The number of aliphatic hydroxyl groups is 1. The van der Waals surface area contributed by atoms with E-state index in [1.807, 2.05) is 33.1 Å². The standard InChI is InChI=1S/C24H35BrN2O6S/c1-5-6-8-32-14-18-11-17(13-28)12-19(25)22(18)33-24(31)21(10-16(2)3)27-23(30)20(26-15-29)7-9-34-4/h6,8,11-12,15-16,20-21,28H,5,7,9-10,13-14H2,1-4H3,(H,26,29)(H,27,30)/b8-6-. The fraction of sp³-hybridized carbons (Fsp3) is 0.542. The summed E-state index contributed by atoms with van der Waals surface area (Å²) in [5, 5.41) is 14.8. The summed E-state index contributed by atoms with van der Waals surface area (Å²) in [6, 6.07) is 1.72. The van der Waals surface area contributed by atoms with Gasteiger partial charge in [-0.3, -0.25) is 9.59 Å². The van der Waals surface area contributed by atoms with E-state index in [2.05, 4.69) is 26.6 Å². The van der Waals surface area contributed by atoms with Crippen LogP contribution in [-0.4, -0.2) is 47.5 Å². The molecule has 0 fully saturated rings. The van der Waals surface area contributed by atoms with Gasteiger partial charge >= 0.3 is 5.97 Å². The molecule has 0 aromatic heterocycles. The van der Waals surface area contributed by atoms with E-state index in [0.717, 1.165) is 6.42 Å². The Hall–Kier alpha value is -2.04. The lowest BCUT2D eigenvalue weighted by Gasteiger charge is -2.23. The highest BCUT2D eigenvalue weighted by Crippen LogP contribution is 2.32. The van der Waals surface area contributed by atoms with Gasteiger partial charge in [0.15, 0.2) is 5.75 Å². The summed E-state index contributed by atoms with van der Waals surface area (Å²) in [5.41, 5.74) is 1.20. The third-order valence-electron chi connectivity index (χ3n) is 4.74. The molecule has 8 nitrogen and oxygen atoms in total. The van der Waals surface area contributed by atoms with Crippen LogP contribution < -0.4 is 15.4 Å². The number of aliphatic hydroxyl groups excluding tert-OH is 1. The number of rotatable bonds is 16. The van der Waals surface area contributed by atoms with Crippen LogP contribution in [0.25, 0.3) is 0 Å². The summed E-state index contributed by atoms with van der Waals surface area (Å²) in [5.74, 6) is -0.0203. The number of benzene rings is 1. The van der Waals surface area contributed by atoms with Gasteiger partial charge in [0, 0.05) is 5.56 Å². The molecule has 0 aliphatic heterocycles. The summed E-state index contributed by atoms with van der Waals surface area (Å²) < 4.78 is 11.8. The van der Waals surface area contributed by atoms with Crippen LogP contribution in [0.15, 0.2) is 28.9 Å². The van der Waals surface area contributed by atoms with Crippen molar-refractivity contribution in [2.75, 3.05) is 12.0 Å². The summed E-state index contributed by atoms with van der Waals surface area (Å²) in [7, 11) is 0. The van der Waals surface area contributed by atoms with Crippen molar-refractivity contribution >= 4 is 46.0 Å². The van der Waals surface area contributed by atoms with Crippen molar-refractivity contribution in [1.29, 1.82) is 0 Å². The first kappa shape index (κ1) is 30.0. The molecule has 0 saturated heterocycles. The van der Waals surface area contributed by atoms with Gasteiger partial charge in [0.1, 0.15) is 18.7 Å². The average molecular weight is 560 g/mol. The second-order valence-electron chi connectivity index (χ2n) is 8.05. The maximum absolute atomic E-state index is 13.2. The maximum atomic E-state index is 13.2. The third-order valence-corrected chi connectivity index (χ3v) is 5.97. The highest BCUT2D eigenvalue weighted by Gasteiger charge is 2.28. The number of hydrogen-bond donors (Lipinski definition) is 3. The SMILES string of the molecule is CC/C=C\OCc1cc(CO)cc(Br)c1OC(=O)C(CC(C)C)NC(=O)C(CCSC)NC=O. The minimum absolute atomic E-state index is 0.101. The Morgan fingerprint density at radius 3 is 2.59 bits per heavy atom. The van der Waals surface area contributed by atoms with E-state index in [1.165, 1.54) is 0 Å². The van der Waals surface area contributed by atoms with Gasteiger partial charge in [-0.25, -0.2) is 4.79 Å². The van der Waals surface area contributed by atoms with E-state index in [4.69, 9.17) is 9.47 Å². The highest BCUT2D eigenvalue weighted by atomic mass is 79.9. The van der Waals surface area contributed by atoms with Crippen molar-refractivity contribution in [3.8, 4) is 5.75 Å². The fourth-order valence-corrected chi connectivity index (χ4v) is 4.17. The van der Waals surface area contributed by atoms with Gasteiger partial charge in [0.25, 0.3) is 0 Å². The van der Waals surface area contributed by atoms with Crippen molar-refractivity contribution in [3.63, 3.8) is 0 Å². The number of esters is 1. The zero-order chi connectivity index (χ0) is 25.5. The monoisotopic (exact) mass is 558 g/mol. The number of ether oxygens (including phenoxy) is 2. The first-order valence-electron chi connectivity index (χ1n) is 11.2. The van der Waals surface area contributed by atoms with Gasteiger partial charge in [0.05, 0.1) is 17.3 Å². The van der Waals surface area contributed by atoms with Crippen LogP contribution in [-0.2, 0) is 32.3 Å². The Kier molecular flexibility index (Phi) is 14.6. The molecule has 0 saturated carbocycles. The topological polar surface area (TPSA) is 114 Å². The Morgan fingerprint density at radius 2 is 2.00 bits per heavy atom. The molecule has 0 heterocycles. The smallest absolute Gasteiger partial charge is 0.334 e. The fourth-order valence-electron chi connectivity index (χ4n) is 3.07. The van der Waals surface area contributed by atoms with Crippen LogP contribution in [0.5, 0.6) is 5.75 Å². The minimum atomic E-state index is -0.907. The second-order valence-corrected chi connectivity index (χ2v) is 9.89. The van der Waals surface area contributed by atoms with Crippen LogP contribution in [0, 0.1) is 5.92 Å². The molecular weight excluding hydrogens is 524 g/mol. The molecule has 190 valence electrons. The minimum Gasteiger partial charge on any atom is -0.497 e. The summed E-state index contributed by atoms with van der Waals surface area (Å²) >= 11 is 4.97. The van der Waals surface area contributed by atoms with Crippen molar-refractivity contribution in [3.05, 3.63) is 40.1 Å². The molecule has 3 N–H and O–H groups in total. The number of amides is 2. The average Bonchev–Trinajstić information content (AvgIpc) is 2.80. The number of hydrogen-bond acceptors (Lipinski definition) is 7. The van der Waals surface area contributed by atoms with E-state index in [-0.39, 0.29) is 24.9 Å². The van der Waals surface area contributed by atoms with Crippen LogP contribution in [0.2, 0.25) is 0 Å². The molecule has 34 heavy (non-hydrogen) atoms. The molecule has 2 atom stereocenters. The van der Waals surface area contributed by atoms with Crippen LogP contribution in [0.4, 0.5) is 0 Å². The van der Waals surface area contributed by atoms with E-state index >= 15 is 0 Å². The normalized spacial score (nSPS) is 12.9. The summed E-state index contributed by atoms with van der Waals surface area (Å²) in [4.78, 5) is 36.9. The Labute approximate surface area is 214 Å². The lowest BCUT2D eigenvalue weighted by atomic mass is 10.0. The van der Waals surface area contributed by atoms with Crippen molar-refractivity contribution in [2.45, 2.75) is 65.3 Å². The number of carbonyl (C=O) groups excluding carboxylic acids is 3. The third kappa shape index (κ3) is 10.5. The van der Waals surface area contributed by atoms with Gasteiger partial charge in [-0.05, 0) is 70.8 Å². The van der Waals surface area contributed by atoms with Crippen LogP contribution in [0.1, 0.15) is 51.2 Å². The molecule has 1 rings (SSSR count). The molecule has 1 aromatic carbocycles. The lowest BCUT2D eigenvalue weighted by molar-refractivity contribution is -0.140. The zero-order valence-electron chi connectivity index (χ0n) is 20.1. The largest absolute Gasteiger partial charge is 0.497 e. The van der Waals surface area contributed by atoms with Gasteiger partial charge in [-0.15, -0.1) is 0 Å². The lowest BCUT2D eigenvalue weighted by Crippen LogP contribution is -2.51. The molecule has 0 radical (unpaired) electrons. The summed E-state index contributed by atoms with van der Waals surface area (Å²) in [6.45, 7) is 5.80. The number of carbonyl (C=O) groups is 3. The molecule has 1 aromatic rings. The first-order chi connectivity index (χ1) is 16.3. The number of allylic oxidation sites excluding steroid dienone is 1. The van der Waals surface area contributed by atoms with Gasteiger partial charge in [0.2, 0.25) is 12.3 Å². The van der Waals surface area contributed by atoms with E-state index in [0.29, 0.717) is 40.6 Å². The zero-order valence-corrected chi connectivity index (χ0v) is 22.5. The molecule has 0 spiro atoms. The molecule has 10 heteroatoms. The second kappa shape index (κ2) is 16.6.